The molecule has 138 valence electrons. The molecule has 0 aromatic carbocycles. The number of likely N-dealkylation sites (tertiary alicyclic amines) is 1. The zero-order valence-corrected chi connectivity index (χ0v) is 15.2. The van der Waals surface area contributed by atoms with E-state index in [2.05, 4.69) is 34.9 Å². The van der Waals surface area contributed by atoms with Gasteiger partial charge >= 0.3 is 0 Å². The van der Waals surface area contributed by atoms with Crippen LogP contribution in [0.5, 0.6) is 0 Å². The molecule has 1 atom stereocenters. The molecule has 2 fully saturated rings. The summed E-state index contributed by atoms with van der Waals surface area (Å²) in [6, 6.07) is 0.614. The SMILES string of the molecule is CN=C(NCc1nnc2n1CCCC2)N1CCC(N2CCOCC2)C1. The fraction of sp³-hybridized carbons (Fsp3) is 0.824. The zero-order valence-electron chi connectivity index (χ0n) is 15.2. The largest absolute Gasteiger partial charge is 0.379 e. The van der Waals surface area contributed by atoms with Gasteiger partial charge in [0.15, 0.2) is 11.8 Å². The summed E-state index contributed by atoms with van der Waals surface area (Å²) in [7, 11) is 1.86. The van der Waals surface area contributed by atoms with Gasteiger partial charge in [0.25, 0.3) is 0 Å². The maximum absolute atomic E-state index is 5.47. The van der Waals surface area contributed by atoms with Gasteiger partial charge in [-0.05, 0) is 19.3 Å². The van der Waals surface area contributed by atoms with Crippen LogP contribution in [0.2, 0.25) is 0 Å². The highest BCUT2D eigenvalue weighted by molar-refractivity contribution is 5.80. The number of hydrogen-bond acceptors (Lipinski definition) is 5. The molecule has 0 aliphatic carbocycles. The lowest BCUT2D eigenvalue weighted by Gasteiger charge is -2.32. The first kappa shape index (κ1) is 16.8. The quantitative estimate of drug-likeness (QED) is 0.618. The third-order valence-electron chi connectivity index (χ3n) is 5.58. The Morgan fingerprint density at radius 3 is 2.92 bits per heavy atom. The second-order valence-electron chi connectivity index (χ2n) is 7.08. The molecule has 3 aliphatic heterocycles. The van der Waals surface area contributed by atoms with Gasteiger partial charge < -0.3 is 19.5 Å². The minimum Gasteiger partial charge on any atom is -0.379 e. The van der Waals surface area contributed by atoms with Crippen molar-refractivity contribution in [2.45, 2.75) is 44.8 Å². The average molecular weight is 347 g/mol. The summed E-state index contributed by atoms with van der Waals surface area (Å²) in [5.74, 6) is 3.13. The van der Waals surface area contributed by atoms with E-state index in [0.29, 0.717) is 12.6 Å². The molecule has 1 N–H and O–H groups in total. The number of guanidine groups is 1. The van der Waals surface area contributed by atoms with Gasteiger partial charge in [0, 0.05) is 52.2 Å². The third-order valence-corrected chi connectivity index (χ3v) is 5.58. The van der Waals surface area contributed by atoms with Crippen molar-refractivity contribution < 1.29 is 4.74 Å². The van der Waals surface area contributed by atoms with Crippen molar-refractivity contribution in [3.63, 3.8) is 0 Å². The molecule has 4 rings (SSSR count). The molecule has 0 spiro atoms. The summed E-state index contributed by atoms with van der Waals surface area (Å²) in [5.41, 5.74) is 0. The molecule has 0 bridgehead atoms. The van der Waals surface area contributed by atoms with Gasteiger partial charge in [-0.3, -0.25) is 9.89 Å². The van der Waals surface area contributed by atoms with Crippen molar-refractivity contribution in [1.82, 2.24) is 29.9 Å². The zero-order chi connectivity index (χ0) is 17.1. The first-order chi connectivity index (χ1) is 12.3. The van der Waals surface area contributed by atoms with E-state index in [1.807, 2.05) is 7.05 Å². The van der Waals surface area contributed by atoms with Gasteiger partial charge in [0.05, 0.1) is 19.8 Å². The van der Waals surface area contributed by atoms with Gasteiger partial charge in [0.1, 0.15) is 5.82 Å². The van der Waals surface area contributed by atoms with Crippen LogP contribution in [0.15, 0.2) is 4.99 Å². The predicted octanol–water partition coefficient (Wildman–Crippen LogP) is 0.0963. The Hall–Kier alpha value is -1.67. The number of aryl methyl sites for hydroxylation is 1. The highest BCUT2D eigenvalue weighted by Gasteiger charge is 2.30. The Morgan fingerprint density at radius 2 is 2.08 bits per heavy atom. The van der Waals surface area contributed by atoms with Gasteiger partial charge in [-0.15, -0.1) is 10.2 Å². The van der Waals surface area contributed by atoms with E-state index < -0.39 is 0 Å². The van der Waals surface area contributed by atoms with Crippen molar-refractivity contribution in [1.29, 1.82) is 0 Å². The number of nitrogens with zero attached hydrogens (tertiary/aromatic N) is 6. The van der Waals surface area contributed by atoms with E-state index in [9.17, 15) is 0 Å². The van der Waals surface area contributed by atoms with E-state index in [1.165, 1.54) is 19.3 Å². The number of rotatable bonds is 3. The van der Waals surface area contributed by atoms with Crippen LogP contribution in [0.1, 0.15) is 30.9 Å². The summed E-state index contributed by atoms with van der Waals surface area (Å²) in [4.78, 5) is 9.42. The molecule has 0 amide bonds. The number of nitrogens with one attached hydrogen (secondary N) is 1. The fourth-order valence-electron chi connectivity index (χ4n) is 4.16. The Balaban J connectivity index is 1.33. The first-order valence-electron chi connectivity index (χ1n) is 9.53. The Morgan fingerprint density at radius 1 is 1.20 bits per heavy atom. The number of fused-ring (bicyclic) bond motifs is 1. The molecule has 2 saturated heterocycles. The van der Waals surface area contributed by atoms with E-state index in [0.717, 1.165) is 70.0 Å². The van der Waals surface area contributed by atoms with Crippen LogP contribution in [0, 0.1) is 0 Å². The van der Waals surface area contributed by atoms with Crippen LogP contribution < -0.4 is 5.32 Å². The molecule has 25 heavy (non-hydrogen) atoms. The minimum atomic E-state index is 0.614. The Kier molecular flexibility index (Phi) is 5.17. The fourth-order valence-corrected chi connectivity index (χ4v) is 4.16. The first-order valence-corrected chi connectivity index (χ1v) is 9.53. The van der Waals surface area contributed by atoms with E-state index >= 15 is 0 Å². The number of ether oxygens (including phenoxy) is 1. The van der Waals surface area contributed by atoms with Crippen LogP contribution in [0.3, 0.4) is 0 Å². The molecular formula is C17H29N7O. The van der Waals surface area contributed by atoms with Gasteiger partial charge in [-0.2, -0.15) is 0 Å². The minimum absolute atomic E-state index is 0.614. The molecule has 1 unspecified atom stereocenters. The maximum Gasteiger partial charge on any atom is 0.194 e. The smallest absolute Gasteiger partial charge is 0.194 e. The summed E-state index contributed by atoms with van der Waals surface area (Å²) >= 11 is 0. The second kappa shape index (κ2) is 7.70. The summed E-state index contributed by atoms with van der Waals surface area (Å²) in [6.07, 6.45) is 4.69. The second-order valence-corrected chi connectivity index (χ2v) is 7.08. The summed E-state index contributed by atoms with van der Waals surface area (Å²) < 4.78 is 7.74. The number of aromatic nitrogens is 3. The van der Waals surface area contributed by atoms with E-state index in [-0.39, 0.29) is 0 Å². The number of aliphatic imine (C=N–C) groups is 1. The van der Waals surface area contributed by atoms with E-state index in [1.54, 1.807) is 0 Å². The van der Waals surface area contributed by atoms with Crippen molar-refractivity contribution >= 4 is 5.96 Å². The number of hydrogen-bond donors (Lipinski definition) is 1. The average Bonchev–Trinajstić information content (AvgIpc) is 3.31. The Bertz CT molecular complexity index is 608. The normalized spacial score (nSPS) is 25.2. The highest BCUT2D eigenvalue weighted by Crippen LogP contribution is 2.18. The van der Waals surface area contributed by atoms with Crippen LogP contribution in [0.4, 0.5) is 0 Å². The lowest BCUT2D eigenvalue weighted by atomic mass is 10.2. The maximum atomic E-state index is 5.47. The topological polar surface area (TPSA) is 70.8 Å². The molecule has 1 aromatic heterocycles. The van der Waals surface area contributed by atoms with Crippen molar-refractivity contribution in [3.8, 4) is 0 Å². The van der Waals surface area contributed by atoms with Crippen molar-refractivity contribution in [3.05, 3.63) is 11.6 Å². The molecule has 0 radical (unpaired) electrons. The number of morpholine rings is 1. The predicted molar refractivity (Wildman–Crippen MR) is 95.5 cm³/mol. The molecule has 1 aromatic rings. The van der Waals surface area contributed by atoms with Crippen LogP contribution >= 0.6 is 0 Å². The van der Waals surface area contributed by atoms with Crippen LogP contribution in [-0.4, -0.2) is 83.0 Å². The molecule has 8 heteroatoms. The van der Waals surface area contributed by atoms with Gasteiger partial charge in [0.2, 0.25) is 0 Å². The van der Waals surface area contributed by atoms with Gasteiger partial charge in [-0.25, -0.2) is 0 Å². The Labute approximate surface area is 149 Å². The molecule has 3 aliphatic rings. The monoisotopic (exact) mass is 347 g/mol. The molecule has 8 nitrogen and oxygen atoms in total. The third kappa shape index (κ3) is 3.64. The summed E-state index contributed by atoms with van der Waals surface area (Å²) in [5, 5.41) is 12.2. The van der Waals surface area contributed by atoms with Gasteiger partial charge in [-0.1, -0.05) is 0 Å². The highest BCUT2D eigenvalue weighted by atomic mass is 16.5. The van der Waals surface area contributed by atoms with Crippen LogP contribution in [0.25, 0.3) is 0 Å². The lowest BCUT2D eigenvalue weighted by molar-refractivity contribution is 0.0195. The van der Waals surface area contributed by atoms with Crippen molar-refractivity contribution in [2.75, 3.05) is 46.4 Å². The lowest BCUT2D eigenvalue weighted by Crippen LogP contribution is -2.46. The standard InChI is InChI=1S/C17H29N7O/c1-18-17(19-12-16-21-20-15-4-2-3-6-24(15)16)23-7-5-14(13-23)22-8-10-25-11-9-22/h14H,2-13H2,1H3,(H,18,19). The van der Waals surface area contributed by atoms with Crippen molar-refractivity contribution in [2.24, 2.45) is 4.99 Å². The molecule has 4 heterocycles. The molecular weight excluding hydrogens is 318 g/mol. The van der Waals surface area contributed by atoms with Crippen LogP contribution in [-0.2, 0) is 24.2 Å². The van der Waals surface area contributed by atoms with E-state index in [4.69, 9.17) is 4.74 Å². The summed E-state index contributed by atoms with van der Waals surface area (Å²) in [6.45, 7) is 7.66. The molecule has 0 saturated carbocycles.